The Balaban J connectivity index is 1.35. The zero-order valence-electron chi connectivity index (χ0n) is 15.2. The van der Waals surface area contributed by atoms with Gasteiger partial charge in [0.15, 0.2) is 12.4 Å². The van der Waals surface area contributed by atoms with Crippen LogP contribution in [0.1, 0.15) is 12.3 Å². The van der Waals surface area contributed by atoms with E-state index >= 15 is 0 Å². The summed E-state index contributed by atoms with van der Waals surface area (Å²) in [6.45, 7) is 0.109. The van der Waals surface area contributed by atoms with Gasteiger partial charge in [-0.05, 0) is 18.2 Å². The first-order valence-corrected chi connectivity index (χ1v) is 9.70. The lowest BCUT2D eigenvalue weighted by atomic mass is 10.2. The van der Waals surface area contributed by atoms with E-state index in [0.717, 1.165) is 10.0 Å². The van der Waals surface area contributed by atoms with Crippen LogP contribution in [0, 0.1) is 0 Å². The van der Waals surface area contributed by atoms with E-state index in [1.54, 1.807) is 18.3 Å². The predicted molar refractivity (Wildman–Crippen MR) is 110 cm³/mol. The minimum Gasteiger partial charge on any atom is -0.456 e. The summed E-state index contributed by atoms with van der Waals surface area (Å²) in [5.74, 6) is 0.467. The molecule has 0 amide bonds. The topological polar surface area (TPSA) is 87.2 Å². The molecule has 2 aromatic carbocycles. The molecule has 0 bridgehead atoms. The predicted octanol–water partition coefficient (Wildman–Crippen LogP) is 3.95. The summed E-state index contributed by atoms with van der Waals surface area (Å²) in [7, 11) is 0. The number of esters is 1. The van der Waals surface area contributed by atoms with Crippen LogP contribution in [0.3, 0.4) is 0 Å². The van der Waals surface area contributed by atoms with E-state index in [0.29, 0.717) is 22.6 Å². The maximum atomic E-state index is 12.5. The lowest BCUT2D eigenvalue weighted by molar-refractivity contribution is -0.145. The smallest absolute Gasteiger partial charge is 0.308 e. The Morgan fingerprint density at radius 3 is 2.79 bits per heavy atom. The summed E-state index contributed by atoms with van der Waals surface area (Å²) in [6, 6.07) is 14.8. The van der Waals surface area contributed by atoms with Gasteiger partial charge < -0.3 is 9.15 Å². The number of oxazole rings is 1. The van der Waals surface area contributed by atoms with Gasteiger partial charge in [0, 0.05) is 16.6 Å². The van der Waals surface area contributed by atoms with E-state index in [9.17, 15) is 9.59 Å². The van der Waals surface area contributed by atoms with Gasteiger partial charge in [-0.3, -0.25) is 14.2 Å². The molecule has 0 atom stereocenters. The van der Waals surface area contributed by atoms with Crippen LogP contribution in [-0.4, -0.2) is 20.5 Å². The molecule has 146 valence electrons. The number of aryl methyl sites for hydroxylation is 1. The third-order valence-electron chi connectivity index (χ3n) is 4.31. The molecule has 0 saturated carbocycles. The second-order valence-corrected chi connectivity index (χ2v) is 7.22. The van der Waals surface area contributed by atoms with Crippen LogP contribution in [0.25, 0.3) is 22.2 Å². The van der Waals surface area contributed by atoms with Gasteiger partial charge in [0.2, 0.25) is 5.89 Å². The molecule has 2 heterocycles. The van der Waals surface area contributed by atoms with Gasteiger partial charge in [-0.2, -0.15) is 0 Å². The van der Waals surface area contributed by atoms with Crippen molar-refractivity contribution in [1.82, 2.24) is 14.5 Å². The maximum absolute atomic E-state index is 12.5. The van der Waals surface area contributed by atoms with Crippen LogP contribution >= 0.6 is 15.9 Å². The SMILES string of the molecule is O=C(CCn1cnc2ccc(Br)cc2c1=O)OCc1ncc(-c2ccccc2)o1. The molecular formula is C21H16BrN3O4. The van der Waals surface area contributed by atoms with E-state index in [4.69, 9.17) is 9.15 Å². The fraction of sp³-hybridized carbons (Fsp3) is 0.143. The number of halogens is 1. The van der Waals surface area contributed by atoms with Crippen molar-refractivity contribution in [3.8, 4) is 11.3 Å². The summed E-state index contributed by atoms with van der Waals surface area (Å²) in [6.07, 6.45) is 3.07. The van der Waals surface area contributed by atoms with Crippen molar-refractivity contribution >= 4 is 32.8 Å². The highest BCUT2D eigenvalue weighted by atomic mass is 79.9. The number of aromatic nitrogens is 3. The molecule has 4 aromatic rings. The number of ether oxygens (including phenoxy) is 1. The molecule has 0 radical (unpaired) electrons. The van der Waals surface area contributed by atoms with Gasteiger partial charge in [-0.1, -0.05) is 46.3 Å². The Morgan fingerprint density at radius 1 is 1.14 bits per heavy atom. The first-order chi connectivity index (χ1) is 14.1. The second kappa shape index (κ2) is 8.40. The molecule has 0 aliphatic heterocycles. The van der Waals surface area contributed by atoms with Crippen molar-refractivity contribution < 1.29 is 13.9 Å². The number of hydrogen-bond donors (Lipinski definition) is 0. The molecule has 7 nitrogen and oxygen atoms in total. The van der Waals surface area contributed by atoms with Crippen LogP contribution in [0.4, 0.5) is 0 Å². The Morgan fingerprint density at radius 2 is 1.97 bits per heavy atom. The largest absolute Gasteiger partial charge is 0.456 e. The fourth-order valence-electron chi connectivity index (χ4n) is 2.83. The highest BCUT2D eigenvalue weighted by molar-refractivity contribution is 9.10. The van der Waals surface area contributed by atoms with E-state index in [-0.39, 0.29) is 25.1 Å². The molecule has 0 saturated heterocycles. The summed E-state index contributed by atoms with van der Waals surface area (Å²) in [5.41, 5.74) is 1.30. The van der Waals surface area contributed by atoms with Gasteiger partial charge in [0.25, 0.3) is 5.56 Å². The molecule has 0 aliphatic rings. The van der Waals surface area contributed by atoms with E-state index in [1.165, 1.54) is 10.9 Å². The van der Waals surface area contributed by atoms with Crippen molar-refractivity contribution in [2.75, 3.05) is 0 Å². The monoisotopic (exact) mass is 453 g/mol. The molecule has 0 N–H and O–H groups in total. The van der Waals surface area contributed by atoms with Crippen LogP contribution < -0.4 is 5.56 Å². The number of rotatable bonds is 6. The molecule has 0 aliphatic carbocycles. The van der Waals surface area contributed by atoms with Crippen LogP contribution in [0.5, 0.6) is 0 Å². The lowest BCUT2D eigenvalue weighted by Gasteiger charge is -2.07. The van der Waals surface area contributed by atoms with Gasteiger partial charge in [-0.25, -0.2) is 9.97 Å². The zero-order valence-corrected chi connectivity index (χ0v) is 16.8. The van der Waals surface area contributed by atoms with Gasteiger partial charge in [0.05, 0.1) is 29.8 Å². The fourth-order valence-corrected chi connectivity index (χ4v) is 3.19. The van der Waals surface area contributed by atoms with Crippen LogP contribution in [0.15, 0.2) is 74.7 Å². The van der Waals surface area contributed by atoms with Crippen molar-refractivity contribution in [3.63, 3.8) is 0 Å². The Bertz CT molecular complexity index is 1220. The third-order valence-corrected chi connectivity index (χ3v) is 4.80. The molecule has 0 fully saturated rings. The summed E-state index contributed by atoms with van der Waals surface area (Å²) in [4.78, 5) is 33.0. The molecule has 0 spiro atoms. The standard InChI is InChI=1S/C21H16BrN3O4/c22-15-6-7-17-16(10-15)21(27)25(13-24-17)9-8-20(26)28-12-19-23-11-18(29-19)14-4-2-1-3-5-14/h1-7,10-11,13H,8-9,12H2. The third kappa shape index (κ3) is 4.43. The minimum atomic E-state index is -0.453. The van der Waals surface area contributed by atoms with Gasteiger partial charge in [-0.15, -0.1) is 0 Å². The number of nitrogens with zero attached hydrogens (tertiary/aromatic N) is 3. The normalized spacial score (nSPS) is 10.9. The average Bonchev–Trinajstić information content (AvgIpc) is 3.22. The van der Waals surface area contributed by atoms with Gasteiger partial charge in [0.1, 0.15) is 0 Å². The van der Waals surface area contributed by atoms with Crippen molar-refractivity contribution in [3.05, 3.63) is 81.8 Å². The number of hydrogen-bond acceptors (Lipinski definition) is 6. The van der Waals surface area contributed by atoms with E-state index in [2.05, 4.69) is 25.9 Å². The summed E-state index contributed by atoms with van der Waals surface area (Å²) >= 11 is 3.35. The molecular weight excluding hydrogens is 438 g/mol. The molecule has 29 heavy (non-hydrogen) atoms. The molecule has 4 rings (SSSR count). The zero-order chi connectivity index (χ0) is 20.2. The second-order valence-electron chi connectivity index (χ2n) is 6.30. The maximum Gasteiger partial charge on any atom is 0.308 e. The van der Waals surface area contributed by atoms with Crippen molar-refractivity contribution in [2.45, 2.75) is 19.6 Å². The number of carbonyl (C=O) groups is 1. The van der Waals surface area contributed by atoms with E-state index < -0.39 is 5.97 Å². The highest BCUT2D eigenvalue weighted by Gasteiger charge is 2.11. The molecule has 8 heteroatoms. The first kappa shape index (κ1) is 19.1. The van der Waals surface area contributed by atoms with E-state index in [1.807, 2.05) is 36.4 Å². The number of carbonyl (C=O) groups excluding carboxylic acids is 1. The van der Waals surface area contributed by atoms with Gasteiger partial charge >= 0.3 is 5.97 Å². The Hall–Kier alpha value is -3.26. The summed E-state index contributed by atoms with van der Waals surface area (Å²) < 4.78 is 13.0. The minimum absolute atomic E-state index is 0.0351. The summed E-state index contributed by atoms with van der Waals surface area (Å²) in [5, 5.41) is 0.489. The quantitative estimate of drug-likeness (QED) is 0.410. The van der Waals surface area contributed by atoms with Crippen LogP contribution in [-0.2, 0) is 22.7 Å². The van der Waals surface area contributed by atoms with Crippen molar-refractivity contribution in [1.29, 1.82) is 0 Å². The van der Waals surface area contributed by atoms with Crippen LogP contribution in [0.2, 0.25) is 0 Å². The number of benzene rings is 2. The molecule has 0 unspecified atom stereocenters. The molecule has 2 aromatic heterocycles. The Kier molecular flexibility index (Phi) is 5.53. The highest BCUT2D eigenvalue weighted by Crippen LogP contribution is 2.20. The first-order valence-electron chi connectivity index (χ1n) is 8.90. The Labute approximate surface area is 174 Å². The number of fused-ring (bicyclic) bond motifs is 1. The lowest BCUT2D eigenvalue weighted by Crippen LogP contribution is -2.22. The average molecular weight is 454 g/mol. The van der Waals surface area contributed by atoms with Crippen molar-refractivity contribution in [2.24, 2.45) is 0 Å².